The number of carbonyl (C=O) groups is 1. The molecular weight excluding hydrogens is 394 g/mol. The molecule has 3 aromatic rings. The van der Waals surface area contributed by atoms with Gasteiger partial charge >= 0.3 is 0 Å². The van der Waals surface area contributed by atoms with Gasteiger partial charge in [0.25, 0.3) is 5.91 Å². The third-order valence-corrected chi connectivity index (χ3v) is 5.08. The lowest BCUT2D eigenvalue weighted by Gasteiger charge is -2.32. The van der Waals surface area contributed by atoms with E-state index in [2.05, 4.69) is 16.0 Å². The number of thiocarbonyl (C=S) groups is 1. The lowest BCUT2D eigenvalue weighted by Crippen LogP contribution is -2.45. The summed E-state index contributed by atoms with van der Waals surface area (Å²) in [7, 11) is 1.62. The highest BCUT2D eigenvalue weighted by Gasteiger charge is 2.32. The van der Waals surface area contributed by atoms with Crippen LogP contribution in [0.4, 0.5) is 5.69 Å². The fourth-order valence-electron chi connectivity index (χ4n) is 3.41. The predicted octanol–water partition coefficient (Wildman–Crippen LogP) is 4.26. The van der Waals surface area contributed by atoms with Crippen LogP contribution in [0, 0.1) is 0 Å². The molecule has 0 bridgehead atoms. The molecule has 1 atom stereocenters. The largest absolute Gasteiger partial charge is 0.497 e. The van der Waals surface area contributed by atoms with Gasteiger partial charge in [-0.25, -0.2) is 0 Å². The van der Waals surface area contributed by atoms with Gasteiger partial charge in [0, 0.05) is 5.69 Å². The Balaban J connectivity index is 1.82. The smallest absolute Gasteiger partial charge is 0.256 e. The topological polar surface area (TPSA) is 62.4 Å². The van der Waals surface area contributed by atoms with Crippen LogP contribution in [0.3, 0.4) is 0 Å². The van der Waals surface area contributed by atoms with Gasteiger partial charge in [-0.2, -0.15) is 0 Å². The summed E-state index contributed by atoms with van der Waals surface area (Å²) in [6.07, 6.45) is 0. The minimum absolute atomic E-state index is 0.205. The van der Waals surface area contributed by atoms with E-state index in [9.17, 15) is 4.79 Å². The third kappa shape index (κ3) is 4.18. The second-order valence-corrected chi connectivity index (χ2v) is 7.19. The molecule has 1 amide bonds. The molecule has 4 rings (SSSR count). The van der Waals surface area contributed by atoms with Crippen molar-refractivity contribution in [3.63, 3.8) is 0 Å². The molecule has 1 aliphatic rings. The van der Waals surface area contributed by atoms with Crippen LogP contribution < -0.4 is 20.7 Å². The van der Waals surface area contributed by atoms with Crippen molar-refractivity contribution in [3.8, 4) is 5.75 Å². The second kappa shape index (κ2) is 8.80. The zero-order chi connectivity index (χ0) is 20.9. The first-order valence-electron chi connectivity index (χ1n) is 9.53. The average Bonchev–Trinajstić information content (AvgIpc) is 2.79. The average molecular weight is 416 g/mol. The Hall–Kier alpha value is -3.64. The van der Waals surface area contributed by atoms with Crippen molar-refractivity contribution >= 4 is 34.6 Å². The van der Waals surface area contributed by atoms with E-state index in [1.54, 1.807) is 7.11 Å². The number of nitrogens with one attached hydrogen (secondary N) is 3. The molecule has 3 aromatic carbocycles. The summed E-state index contributed by atoms with van der Waals surface area (Å²) in [6.45, 7) is 0. The van der Waals surface area contributed by atoms with Gasteiger partial charge < -0.3 is 20.7 Å². The van der Waals surface area contributed by atoms with Crippen LogP contribution in [0.15, 0.2) is 90.5 Å². The zero-order valence-electron chi connectivity index (χ0n) is 16.4. The first-order chi connectivity index (χ1) is 14.7. The molecule has 5 nitrogen and oxygen atoms in total. The molecule has 150 valence electrons. The Kier molecular flexibility index (Phi) is 5.77. The van der Waals surface area contributed by atoms with E-state index in [4.69, 9.17) is 17.0 Å². The molecule has 0 unspecified atom stereocenters. The third-order valence-electron chi connectivity index (χ3n) is 4.86. The number of carbonyl (C=O) groups excluding carboxylic acids is 1. The Morgan fingerprint density at radius 3 is 2.20 bits per heavy atom. The van der Waals surface area contributed by atoms with Crippen molar-refractivity contribution in [3.05, 3.63) is 102 Å². The van der Waals surface area contributed by atoms with Crippen molar-refractivity contribution < 1.29 is 9.53 Å². The van der Waals surface area contributed by atoms with Gasteiger partial charge in [-0.1, -0.05) is 60.7 Å². The highest BCUT2D eigenvalue weighted by molar-refractivity contribution is 7.80. The Bertz CT molecular complexity index is 1080. The highest BCUT2D eigenvalue weighted by Crippen LogP contribution is 2.32. The van der Waals surface area contributed by atoms with Crippen LogP contribution in [0.25, 0.3) is 5.70 Å². The standard InChI is InChI=1S/C24H21N3O2S/c1-29-19-14-12-17(13-15-19)22-20(23(28)25-18-10-6-3-7-11-18)21(26-24(30)27-22)16-8-4-2-5-9-16/h2-15,22H,1H3,(H,25,28)(H2,26,27,30)/t22-/m0/s1. The van der Waals surface area contributed by atoms with Gasteiger partial charge in [-0.15, -0.1) is 0 Å². The quantitative estimate of drug-likeness (QED) is 0.544. The molecule has 3 N–H and O–H groups in total. The fraction of sp³-hybridized carbons (Fsp3) is 0.0833. The van der Waals surface area contributed by atoms with Crippen LogP contribution in [-0.2, 0) is 4.79 Å². The number of ether oxygens (including phenoxy) is 1. The van der Waals surface area contributed by atoms with E-state index in [-0.39, 0.29) is 5.91 Å². The minimum atomic E-state index is -0.413. The fourth-order valence-corrected chi connectivity index (χ4v) is 3.63. The van der Waals surface area contributed by atoms with Gasteiger partial charge in [0.15, 0.2) is 5.11 Å². The molecule has 0 saturated heterocycles. The molecule has 0 aromatic heterocycles. The lowest BCUT2D eigenvalue weighted by atomic mass is 9.92. The number of anilines is 1. The number of amides is 1. The van der Waals surface area contributed by atoms with E-state index in [1.165, 1.54) is 0 Å². The van der Waals surface area contributed by atoms with E-state index >= 15 is 0 Å². The van der Waals surface area contributed by atoms with Crippen LogP contribution in [0.1, 0.15) is 17.2 Å². The van der Waals surface area contributed by atoms with Crippen molar-refractivity contribution in [2.75, 3.05) is 12.4 Å². The van der Waals surface area contributed by atoms with Gasteiger partial charge in [-0.3, -0.25) is 4.79 Å². The van der Waals surface area contributed by atoms with E-state index in [1.807, 2.05) is 84.9 Å². The van der Waals surface area contributed by atoms with Crippen molar-refractivity contribution in [2.24, 2.45) is 0 Å². The summed E-state index contributed by atoms with van der Waals surface area (Å²) in [5, 5.41) is 9.90. The molecule has 0 aliphatic carbocycles. The Morgan fingerprint density at radius 2 is 1.57 bits per heavy atom. The number of hydrogen-bond acceptors (Lipinski definition) is 3. The monoisotopic (exact) mass is 415 g/mol. The number of rotatable bonds is 5. The number of benzene rings is 3. The van der Waals surface area contributed by atoms with Crippen LogP contribution in [-0.4, -0.2) is 18.1 Å². The van der Waals surface area contributed by atoms with Gasteiger partial charge in [0.1, 0.15) is 5.75 Å². The maximum Gasteiger partial charge on any atom is 0.256 e. The SMILES string of the molecule is COc1ccc([C@@H]2NC(=S)NC(c3ccccc3)=C2C(=O)Nc2ccccc2)cc1. The van der Waals surface area contributed by atoms with E-state index < -0.39 is 6.04 Å². The molecule has 0 saturated carbocycles. The molecule has 0 fully saturated rings. The molecule has 30 heavy (non-hydrogen) atoms. The van der Waals surface area contributed by atoms with Crippen molar-refractivity contribution in [1.29, 1.82) is 0 Å². The van der Waals surface area contributed by atoms with Crippen molar-refractivity contribution in [1.82, 2.24) is 10.6 Å². The Labute approximate surface area is 180 Å². The minimum Gasteiger partial charge on any atom is -0.497 e. The maximum atomic E-state index is 13.4. The van der Waals surface area contributed by atoms with E-state index in [0.717, 1.165) is 22.6 Å². The zero-order valence-corrected chi connectivity index (χ0v) is 17.2. The highest BCUT2D eigenvalue weighted by atomic mass is 32.1. The molecule has 1 heterocycles. The normalized spacial score (nSPS) is 15.8. The van der Waals surface area contributed by atoms with Crippen LogP contribution in [0.2, 0.25) is 0 Å². The van der Waals surface area contributed by atoms with Crippen LogP contribution in [0.5, 0.6) is 5.75 Å². The van der Waals surface area contributed by atoms with Gasteiger partial charge in [-0.05, 0) is 47.6 Å². The van der Waals surface area contributed by atoms with Gasteiger partial charge in [0.2, 0.25) is 0 Å². The Morgan fingerprint density at radius 1 is 0.933 bits per heavy atom. The summed E-state index contributed by atoms with van der Waals surface area (Å²) < 4.78 is 5.27. The molecule has 6 heteroatoms. The van der Waals surface area contributed by atoms with E-state index in [0.29, 0.717) is 16.4 Å². The molecular formula is C24H21N3O2S. The molecule has 0 radical (unpaired) electrons. The van der Waals surface area contributed by atoms with Crippen LogP contribution >= 0.6 is 12.2 Å². The van der Waals surface area contributed by atoms with Crippen molar-refractivity contribution in [2.45, 2.75) is 6.04 Å². The number of hydrogen-bond donors (Lipinski definition) is 3. The first kappa shape index (κ1) is 19.7. The predicted molar refractivity (Wildman–Crippen MR) is 123 cm³/mol. The maximum absolute atomic E-state index is 13.4. The number of para-hydroxylation sites is 1. The summed E-state index contributed by atoms with van der Waals surface area (Å²) >= 11 is 5.46. The second-order valence-electron chi connectivity index (χ2n) is 6.78. The summed E-state index contributed by atoms with van der Waals surface area (Å²) in [6, 6.07) is 26.3. The summed E-state index contributed by atoms with van der Waals surface area (Å²) in [4.78, 5) is 13.4. The summed E-state index contributed by atoms with van der Waals surface area (Å²) in [5.74, 6) is 0.543. The lowest BCUT2D eigenvalue weighted by molar-refractivity contribution is -0.113. The number of methoxy groups -OCH3 is 1. The van der Waals surface area contributed by atoms with Gasteiger partial charge in [0.05, 0.1) is 24.4 Å². The summed E-state index contributed by atoms with van der Waals surface area (Å²) in [5.41, 5.74) is 3.77. The molecule has 0 spiro atoms. The first-order valence-corrected chi connectivity index (χ1v) is 9.94. The molecule has 1 aliphatic heterocycles.